The van der Waals surface area contributed by atoms with Gasteiger partial charge < -0.3 is 14.4 Å². The van der Waals surface area contributed by atoms with Gasteiger partial charge in [-0.15, -0.1) is 0 Å². The van der Waals surface area contributed by atoms with Crippen LogP contribution >= 0.6 is 11.5 Å². The monoisotopic (exact) mass is 481 g/mol. The van der Waals surface area contributed by atoms with Gasteiger partial charge in [0.05, 0.1) is 30.0 Å². The number of benzene rings is 1. The zero-order chi connectivity index (χ0) is 24.0. The molecule has 0 N–H and O–H groups in total. The van der Waals surface area contributed by atoms with Crippen LogP contribution in [0.25, 0.3) is 22.2 Å². The van der Waals surface area contributed by atoms with Crippen molar-refractivity contribution in [2.45, 2.75) is 32.5 Å². The first kappa shape index (κ1) is 23.2. The Hall–Kier alpha value is -2.92. The molecule has 3 aromatic rings. The number of fused-ring (bicyclic) bond motifs is 1. The summed E-state index contributed by atoms with van der Waals surface area (Å²) < 4.78 is 57.4. The average Bonchev–Trinajstić information content (AvgIpc) is 3.34. The molecule has 2 aromatic heterocycles. The SMILES string of the molecule is CC(C)(C)OC(=O)n1cc(-c2nsc(C(F)(F)F)c2C(=O)N2CCOCC2)c2ccccc21. The second-order valence-electron chi connectivity index (χ2n) is 8.55. The molecule has 1 aliphatic rings. The van der Waals surface area contributed by atoms with Crippen LogP contribution in [-0.2, 0) is 15.7 Å². The highest BCUT2D eigenvalue weighted by Crippen LogP contribution is 2.42. The number of para-hydroxylation sites is 1. The van der Waals surface area contributed by atoms with E-state index in [9.17, 15) is 22.8 Å². The van der Waals surface area contributed by atoms with Crippen molar-refractivity contribution < 1.29 is 32.2 Å². The van der Waals surface area contributed by atoms with E-state index in [1.165, 1.54) is 15.7 Å². The van der Waals surface area contributed by atoms with Gasteiger partial charge in [-0.2, -0.15) is 17.5 Å². The molecule has 1 saturated heterocycles. The third kappa shape index (κ3) is 4.60. The predicted molar refractivity (Wildman–Crippen MR) is 116 cm³/mol. The summed E-state index contributed by atoms with van der Waals surface area (Å²) in [4.78, 5) is 26.3. The van der Waals surface area contributed by atoms with Crippen LogP contribution in [-0.4, -0.2) is 57.7 Å². The zero-order valence-corrected chi connectivity index (χ0v) is 19.0. The van der Waals surface area contributed by atoms with Gasteiger partial charge in [0.2, 0.25) is 0 Å². The number of carbonyl (C=O) groups is 2. The van der Waals surface area contributed by atoms with E-state index in [1.54, 1.807) is 45.0 Å². The summed E-state index contributed by atoms with van der Waals surface area (Å²) in [7, 11) is 0. The smallest absolute Gasteiger partial charge is 0.427 e. The van der Waals surface area contributed by atoms with Crippen LogP contribution in [0.4, 0.5) is 18.0 Å². The first-order valence-corrected chi connectivity index (χ1v) is 11.0. The molecule has 4 rings (SSSR count). The van der Waals surface area contributed by atoms with Gasteiger partial charge in [0.1, 0.15) is 10.5 Å². The molecule has 7 nitrogen and oxygen atoms in total. The fourth-order valence-electron chi connectivity index (χ4n) is 3.62. The van der Waals surface area contributed by atoms with Crippen molar-refractivity contribution >= 4 is 34.4 Å². The van der Waals surface area contributed by atoms with E-state index in [2.05, 4.69) is 4.37 Å². The Kier molecular flexibility index (Phi) is 5.95. The normalized spacial score (nSPS) is 15.2. The third-order valence-electron chi connectivity index (χ3n) is 5.02. The Morgan fingerprint density at radius 1 is 1.12 bits per heavy atom. The molecule has 0 atom stereocenters. The van der Waals surface area contributed by atoms with Crippen molar-refractivity contribution in [2.75, 3.05) is 26.3 Å². The first-order chi connectivity index (χ1) is 15.5. The van der Waals surface area contributed by atoms with E-state index in [1.807, 2.05) is 0 Å². The van der Waals surface area contributed by atoms with Gasteiger partial charge in [-0.05, 0) is 38.4 Å². The molecule has 1 fully saturated rings. The fraction of sp³-hybridized carbons (Fsp3) is 0.409. The maximum absolute atomic E-state index is 13.8. The lowest BCUT2D eigenvalue weighted by atomic mass is 10.0. The molecule has 33 heavy (non-hydrogen) atoms. The second-order valence-corrected chi connectivity index (χ2v) is 9.32. The molecule has 11 heteroatoms. The number of rotatable bonds is 2. The Labute approximate surface area is 191 Å². The van der Waals surface area contributed by atoms with E-state index < -0.39 is 34.2 Å². The predicted octanol–water partition coefficient (Wildman–Crippen LogP) is 5.04. The highest BCUT2D eigenvalue weighted by atomic mass is 32.1. The fourth-order valence-corrected chi connectivity index (χ4v) is 4.37. The Balaban J connectivity index is 1.89. The molecule has 1 aliphatic heterocycles. The quantitative estimate of drug-likeness (QED) is 0.513. The molecular formula is C22H22F3N3O4S. The van der Waals surface area contributed by atoms with Gasteiger partial charge in [-0.3, -0.25) is 9.36 Å². The minimum Gasteiger partial charge on any atom is -0.443 e. The second kappa shape index (κ2) is 8.45. The summed E-state index contributed by atoms with van der Waals surface area (Å²) >= 11 is 0.227. The molecule has 0 unspecified atom stereocenters. The van der Waals surface area contributed by atoms with E-state index in [-0.39, 0.29) is 49.1 Å². The van der Waals surface area contributed by atoms with Crippen molar-refractivity contribution in [3.8, 4) is 11.3 Å². The summed E-state index contributed by atoms with van der Waals surface area (Å²) in [5.41, 5.74) is -0.707. The molecular weight excluding hydrogens is 459 g/mol. The molecule has 1 aromatic carbocycles. The number of morpholine rings is 1. The summed E-state index contributed by atoms with van der Waals surface area (Å²) in [6.07, 6.45) is -4.06. The lowest BCUT2D eigenvalue weighted by Gasteiger charge is -2.27. The Morgan fingerprint density at radius 3 is 2.42 bits per heavy atom. The van der Waals surface area contributed by atoms with E-state index >= 15 is 0 Å². The number of alkyl halides is 3. The van der Waals surface area contributed by atoms with Crippen molar-refractivity contribution in [3.05, 3.63) is 40.9 Å². The van der Waals surface area contributed by atoms with Crippen LogP contribution in [0.2, 0.25) is 0 Å². The first-order valence-electron chi connectivity index (χ1n) is 10.2. The molecule has 176 valence electrons. The van der Waals surface area contributed by atoms with Crippen LogP contribution in [0, 0.1) is 0 Å². The van der Waals surface area contributed by atoms with Gasteiger partial charge in [-0.1, -0.05) is 18.2 Å². The molecule has 3 heterocycles. The number of carbonyl (C=O) groups excluding carboxylic acids is 2. The minimum absolute atomic E-state index is 0.109. The van der Waals surface area contributed by atoms with E-state index in [4.69, 9.17) is 9.47 Å². The summed E-state index contributed by atoms with van der Waals surface area (Å²) in [6, 6.07) is 6.73. The number of amides is 1. The maximum Gasteiger partial charge on any atom is 0.427 e. The van der Waals surface area contributed by atoms with Crippen molar-refractivity contribution in [2.24, 2.45) is 0 Å². The third-order valence-corrected chi connectivity index (χ3v) is 5.91. The van der Waals surface area contributed by atoms with Crippen LogP contribution in [0.1, 0.15) is 36.0 Å². The Morgan fingerprint density at radius 2 is 1.79 bits per heavy atom. The van der Waals surface area contributed by atoms with Crippen LogP contribution in [0.15, 0.2) is 30.5 Å². The summed E-state index contributed by atoms with van der Waals surface area (Å²) in [5, 5.41) is 0.485. The van der Waals surface area contributed by atoms with Crippen LogP contribution < -0.4 is 0 Å². The molecule has 0 saturated carbocycles. The molecule has 1 amide bonds. The Bertz CT molecular complexity index is 1200. The standard InChI is InChI=1S/C22H22F3N3O4S/c1-21(2,3)32-20(30)28-12-14(13-6-4-5-7-15(13)28)17-16(18(33-26-17)22(23,24)25)19(29)27-8-10-31-11-9-27/h4-7,12H,8-11H2,1-3H3. The largest absolute Gasteiger partial charge is 0.443 e. The van der Waals surface area contributed by atoms with Crippen molar-refractivity contribution in [1.82, 2.24) is 13.8 Å². The highest BCUT2D eigenvalue weighted by Gasteiger charge is 2.42. The molecule has 0 radical (unpaired) electrons. The number of aromatic nitrogens is 2. The minimum atomic E-state index is -4.75. The van der Waals surface area contributed by atoms with Gasteiger partial charge >= 0.3 is 12.3 Å². The number of hydrogen-bond acceptors (Lipinski definition) is 6. The van der Waals surface area contributed by atoms with E-state index in [0.29, 0.717) is 10.9 Å². The summed E-state index contributed by atoms with van der Waals surface area (Å²) in [6.45, 7) is 6.01. The van der Waals surface area contributed by atoms with Crippen LogP contribution in [0.3, 0.4) is 0 Å². The van der Waals surface area contributed by atoms with Crippen molar-refractivity contribution in [3.63, 3.8) is 0 Å². The maximum atomic E-state index is 13.8. The van der Waals surface area contributed by atoms with Gasteiger partial charge in [0.25, 0.3) is 5.91 Å². The lowest BCUT2D eigenvalue weighted by Crippen LogP contribution is -2.41. The number of ether oxygens (including phenoxy) is 2. The summed E-state index contributed by atoms with van der Waals surface area (Å²) in [5.74, 6) is -0.761. The average molecular weight is 481 g/mol. The zero-order valence-electron chi connectivity index (χ0n) is 18.2. The highest BCUT2D eigenvalue weighted by molar-refractivity contribution is 7.06. The topological polar surface area (TPSA) is 73.7 Å². The number of hydrogen-bond donors (Lipinski definition) is 0. The van der Waals surface area contributed by atoms with Gasteiger partial charge in [0.15, 0.2) is 0 Å². The number of halogens is 3. The molecule has 0 aliphatic carbocycles. The molecule has 0 bridgehead atoms. The van der Waals surface area contributed by atoms with Gasteiger partial charge in [-0.25, -0.2) is 4.79 Å². The molecule has 0 spiro atoms. The van der Waals surface area contributed by atoms with Gasteiger partial charge in [0, 0.05) is 30.2 Å². The van der Waals surface area contributed by atoms with Crippen molar-refractivity contribution in [1.29, 1.82) is 0 Å². The van der Waals surface area contributed by atoms with Crippen LogP contribution in [0.5, 0.6) is 0 Å². The lowest BCUT2D eigenvalue weighted by molar-refractivity contribution is -0.134. The van der Waals surface area contributed by atoms with E-state index in [0.717, 1.165) is 0 Å². The number of nitrogens with zero attached hydrogens (tertiary/aromatic N) is 3.